The average molecular weight is 272 g/mol. The lowest BCUT2D eigenvalue weighted by atomic mass is 9.90. The normalized spacial score (nSPS) is 20.4. The van der Waals surface area contributed by atoms with E-state index in [1.165, 1.54) is 16.0 Å². The van der Waals surface area contributed by atoms with E-state index >= 15 is 0 Å². The van der Waals surface area contributed by atoms with Crippen molar-refractivity contribution in [3.05, 3.63) is 53.6 Å². The van der Waals surface area contributed by atoms with E-state index in [4.69, 9.17) is 9.47 Å². The molecule has 0 N–H and O–H groups in total. The van der Waals surface area contributed by atoms with Gasteiger partial charge in [0, 0.05) is 4.90 Å². The zero-order valence-electron chi connectivity index (χ0n) is 11.3. The topological polar surface area (TPSA) is 18.5 Å². The summed E-state index contributed by atoms with van der Waals surface area (Å²) in [5.74, 6) is 1.81. The highest BCUT2D eigenvalue weighted by atomic mass is 32.2. The summed E-state index contributed by atoms with van der Waals surface area (Å²) in [6.45, 7) is 2.25. The molecule has 98 valence electrons. The van der Waals surface area contributed by atoms with Gasteiger partial charge in [-0.1, -0.05) is 12.1 Å². The van der Waals surface area contributed by atoms with Crippen molar-refractivity contribution in [2.45, 2.75) is 16.6 Å². The lowest BCUT2D eigenvalue weighted by Gasteiger charge is -2.41. The Bertz CT molecular complexity index is 607. The van der Waals surface area contributed by atoms with E-state index in [9.17, 15) is 0 Å². The maximum atomic E-state index is 5.32. The van der Waals surface area contributed by atoms with Gasteiger partial charge in [-0.05, 0) is 48.4 Å². The molecule has 2 aromatic rings. The molecule has 0 spiro atoms. The molecule has 0 saturated carbocycles. The van der Waals surface area contributed by atoms with Gasteiger partial charge in [0.15, 0.2) is 0 Å². The predicted octanol–water partition coefficient (Wildman–Crippen LogP) is 4.07. The minimum absolute atomic E-state index is 0.0101. The zero-order chi connectivity index (χ0) is 13.5. The number of ether oxygens (including phenoxy) is 2. The van der Waals surface area contributed by atoms with Crippen LogP contribution in [0, 0.1) is 0 Å². The van der Waals surface area contributed by atoms with Gasteiger partial charge in [-0.2, -0.15) is 0 Å². The van der Waals surface area contributed by atoms with Gasteiger partial charge in [0.05, 0.1) is 19.0 Å². The molecule has 1 atom stereocenters. The van der Waals surface area contributed by atoms with Crippen molar-refractivity contribution in [3.8, 4) is 11.5 Å². The molecule has 1 heterocycles. The van der Waals surface area contributed by atoms with Crippen molar-refractivity contribution in [2.24, 2.45) is 0 Å². The summed E-state index contributed by atoms with van der Waals surface area (Å²) in [4.78, 5) is 1.33. The lowest BCUT2D eigenvalue weighted by Crippen LogP contribution is -2.27. The highest BCUT2D eigenvalue weighted by Gasteiger charge is 2.41. The van der Waals surface area contributed by atoms with Gasteiger partial charge in [0.2, 0.25) is 0 Å². The standard InChI is InChI=1S/C16H16O2S/c1-16(11-4-6-12(17-2)7-5-11)14-10-13(18-3)8-9-15(14)19-16/h4-10H,1-3H3. The first-order valence-corrected chi connectivity index (χ1v) is 7.01. The Morgan fingerprint density at radius 3 is 2.16 bits per heavy atom. The van der Waals surface area contributed by atoms with Gasteiger partial charge in [-0.3, -0.25) is 0 Å². The van der Waals surface area contributed by atoms with Crippen LogP contribution in [0.15, 0.2) is 47.4 Å². The van der Waals surface area contributed by atoms with Crippen LogP contribution in [0.1, 0.15) is 18.1 Å². The quantitative estimate of drug-likeness (QED) is 0.839. The molecule has 1 aliphatic rings. The van der Waals surface area contributed by atoms with Crippen molar-refractivity contribution >= 4 is 11.8 Å². The molecule has 3 rings (SSSR count). The molecule has 2 nitrogen and oxygen atoms in total. The van der Waals surface area contributed by atoms with E-state index in [0.29, 0.717) is 0 Å². The molecule has 0 radical (unpaired) electrons. The molecule has 1 aliphatic heterocycles. The lowest BCUT2D eigenvalue weighted by molar-refractivity contribution is 0.412. The summed E-state index contributed by atoms with van der Waals surface area (Å²) >= 11 is 1.89. The smallest absolute Gasteiger partial charge is 0.119 e. The van der Waals surface area contributed by atoms with E-state index in [-0.39, 0.29) is 4.75 Å². The zero-order valence-corrected chi connectivity index (χ0v) is 12.1. The third-order valence-electron chi connectivity index (χ3n) is 3.66. The Morgan fingerprint density at radius 1 is 0.895 bits per heavy atom. The maximum absolute atomic E-state index is 5.32. The van der Waals surface area contributed by atoms with Gasteiger partial charge >= 0.3 is 0 Å². The van der Waals surface area contributed by atoms with Gasteiger partial charge in [-0.25, -0.2) is 0 Å². The fourth-order valence-electron chi connectivity index (χ4n) is 2.45. The summed E-state index contributed by atoms with van der Waals surface area (Å²) in [7, 11) is 3.40. The van der Waals surface area contributed by atoms with Crippen LogP contribution in [0.2, 0.25) is 0 Å². The molecular weight excluding hydrogens is 256 g/mol. The molecule has 0 fully saturated rings. The Labute approximate surface area is 117 Å². The van der Waals surface area contributed by atoms with Crippen LogP contribution in [-0.4, -0.2) is 14.2 Å². The molecule has 3 heteroatoms. The SMILES string of the molecule is COc1ccc(C2(C)Sc3ccc(OC)cc32)cc1. The third kappa shape index (κ3) is 1.89. The van der Waals surface area contributed by atoms with E-state index in [1.54, 1.807) is 14.2 Å². The monoisotopic (exact) mass is 272 g/mol. The van der Waals surface area contributed by atoms with Crippen LogP contribution < -0.4 is 9.47 Å². The largest absolute Gasteiger partial charge is 0.497 e. The number of methoxy groups -OCH3 is 2. The van der Waals surface area contributed by atoms with Gasteiger partial charge in [0.1, 0.15) is 11.5 Å². The Hall–Kier alpha value is -1.61. The number of rotatable bonds is 3. The number of thioether (sulfide) groups is 1. The van der Waals surface area contributed by atoms with Crippen molar-refractivity contribution < 1.29 is 9.47 Å². The highest BCUT2D eigenvalue weighted by Crippen LogP contribution is 2.58. The van der Waals surface area contributed by atoms with Crippen molar-refractivity contribution in [1.82, 2.24) is 0 Å². The number of benzene rings is 2. The van der Waals surface area contributed by atoms with Crippen molar-refractivity contribution in [1.29, 1.82) is 0 Å². The Balaban J connectivity index is 1.99. The van der Waals surface area contributed by atoms with Gasteiger partial charge in [-0.15, -0.1) is 11.8 Å². The molecule has 1 unspecified atom stereocenters. The fraction of sp³-hybridized carbons (Fsp3) is 0.250. The van der Waals surface area contributed by atoms with Crippen LogP contribution in [0.3, 0.4) is 0 Å². The van der Waals surface area contributed by atoms with Crippen LogP contribution in [-0.2, 0) is 4.75 Å². The van der Waals surface area contributed by atoms with Crippen LogP contribution in [0.25, 0.3) is 0 Å². The number of fused-ring (bicyclic) bond motifs is 1. The molecule has 2 aromatic carbocycles. The second-order valence-corrected chi connectivity index (χ2v) is 6.19. The second kappa shape index (κ2) is 4.49. The summed E-state index contributed by atoms with van der Waals surface area (Å²) in [5, 5.41) is 0. The first-order valence-electron chi connectivity index (χ1n) is 6.19. The summed E-state index contributed by atoms with van der Waals surface area (Å²) in [5.41, 5.74) is 2.63. The maximum Gasteiger partial charge on any atom is 0.119 e. The molecule has 0 saturated heterocycles. The van der Waals surface area contributed by atoms with Crippen LogP contribution in [0.4, 0.5) is 0 Å². The molecule has 0 amide bonds. The first-order chi connectivity index (χ1) is 9.17. The second-order valence-electron chi connectivity index (χ2n) is 4.73. The first kappa shape index (κ1) is 12.4. The van der Waals surface area contributed by atoms with E-state index in [0.717, 1.165) is 11.5 Å². The average Bonchev–Trinajstić information content (AvgIpc) is 2.46. The predicted molar refractivity (Wildman–Crippen MR) is 78.3 cm³/mol. The van der Waals surface area contributed by atoms with Crippen molar-refractivity contribution in [3.63, 3.8) is 0 Å². The molecule has 0 aliphatic carbocycles. The van der Waals surface area contributed by atoms with Crippen molar-refractivity contribution in [2.75, 3.05) is 14.2 Å². The Kier molecular flexibility index (Phi) is 2.94. The fourth-order valence-corrected chi connectivity index (χ4v) is 3.78. The summed E-state index contributed by atoms with van der Waals surface area (Å²) < 4.78 is 10.5. The minimum Gasteiger partial charge on any atom is -0.497 e. The molecule has 0 bridgehead atoms. The number of hydrogen-bond acceptors (Lipinski definition) is 3. The highest BCUT2D eigenvalue weighted by molar-refractivity contribution is 8.02. The van der Waals surface area contributed by atoms with E-state index in [2.05, 4.69) is 31.2 Å². The third-order valence-corrected chi connectivity index (χ3v) is 5.10. The summed E-state index contributed by atoms with van der Waals surface area (Å²) in [6.07, 6.45) is 0. The van der Waals surface area contributed by atoms with E-state index in [1.807, 2.05) is 30.0 Å². The molecular formula is C16H16O2S. The van der Waals surface area contributed by atoms with Crippen LogP contribution >= 0.6 is 11.8 Å². The van der Waals surface area contributed by atoms with Gasteiger partial charge < -0.3 is 9.47 Å². The minimum atomic E-state index is 0.0101. The number of hydrogen-bond donors (Lipinski definition) is 0. The van der Waals surface area contributed by atoms with Crippen LogP contribution in [0.5, 0.6) is 11.5 Å². The van der Waals surface area contributed by atoms with Gasteiger partial charge in [0.25, 0.3) is 0 Å². The summed E-state index contributed by atoms with van der Waals surface area (Å²) in [6, 6.07) is 14.6. The Morgan fingerprint density at radius 2 is 1.53 bits per heavy atom. The van der Waals surface area contributed by atoms with E-state index < -0.39 is 0 Å². The molecule has 19 heavy (non-hydrogen) atoms. The molecule has 0 aromatic heterocycles.